The van der Waals surface area contributed by atoms with Crippen molar-refractivity contribution >= 4 is 16.8 Å². The highest BCUT2D eigenvalue weighted by Crippen LogP contribution is 2.27. The summed E-state index contributed by atoms with van der Waals surface area (Å²) in [6.45, 7) is 2.06. The smallest absolute Gasteiger partial charge is 0.153 e. The lowest BCUT2D eigenvalue weighted by Gasteiger charge is -1.96. The Balaban J connectivity index is 2.18. The Kier molecular flexibility index (Phi) is 2.11. The van der Waals surface area contributed by atoms with Gasteiger partial charge in [-0.05, 0) is 37.3 Å². The molecule has 0 spiro atoms. The normalized spacial score (nSPS) is 10.9. The lowest BCUT2D eigenvalue weighted by atomic mass is 10.2. The number of aromatic nitrogens is 1. The molecular weight excluding hydrogens is 212 g/mol. The molecular formula is C14H12N2O. The minimum atomic E-state index is 0.499. The van der Waals surface area contributed by atoms with Crippen molar-refractivity contribution in [3.63, 3.8) is 0 Å². The molecule has 0 saturated carbocycles. The molecule has 3 aromatic rings. The van der Waals surface area contributed by atoms with E-state index in [2.05, 4.69) is 18.0 Å². The van der Waals surface area contributed by atoms with Crippen LogP contribution in [-0.2, 0) is 0 Å². The van der Waals surface area contributed by atoms with Gasteiger partial charge in [0.1, 0.15) is 17.1 Å². The number of rotatable bonds is 1. The SMILES string of the molecule is Cc1ccc2oc(-c3cccc(N)n3)cc2c1. The number of nitrogens with zero attached hydrogens (tertiary/aromatic N) is 1. The quantitative estimate of drug-likeness (QED) is 0.689. The summed E-state index contributed by atoms with van der Waals surface area (Å²) in [6.07, 6.45) is 0. The first kappa shape index (κ1) is 9.90. The van der Waals surface area contributed by atoms with Gasteiger partial charge in [0.05, 0.1) is 0 Å². The van der Waals surface area contributed by atoms with Gasteiger partial charge in [0.25, 0.3) is 0 Å². The number of anilines is 1. The van der Waals surface area contributed by atoms with Gasteiger partial charge in [-0.25, -0.2) is 4.98 Å². The molecule has 0 aliphatic rings. The molecule has 3 heteroatoms. The summed E-state index contributed by atoms with van der Waals surface area (Å²) in [5, 5.41) is 1.09. The molecule has 0 aliphatic carbocycles. The van der Waals surface area contributed by atoms with E-state index in [1.165, 1.54) is 5.56 Å². The average Bonchev–Trinajstić information content (AvgIpc) is 2.72. The highest BCUT2D eigenvalue weighted by atomic mass is 16.3. The number of hydrogen-bond acceptors (Lipinski definition) is 3. The minimum absolute atomic E-state index is 0.499. The van der Waals surface area contributed by atoms with Crippen LogP contribution in [0.1, 0.15) is 5.56 Å². The third-order valence-electron chi connectivity index (χ3n) is 2.69. The van der Waals surface area contributed by atoms with Gasteiger partial charge >= 0.3 is 0 Å². The molecule has 0 saturated heterocycles. The summed E-state index contributed by atoms with van der Waals surface area (Å²) in [4.78, 5) is 4.25. The predicted molar refractivity (Wildman–Crippen MR) is 68.6 cm³/mol. The van der Waals surface area contributed by atoms with Crippen molar-refractivity contribution in [1.82, 2.24) is 4.98 Å². The first-order valence-corrected chi connectivity index (χ1v) is 5.45. The van der Waals surface area contributed by atoms with Crippen LogP contribution in [0.4, 0.5) is 5.82 Å². The van der Waals surface area contributed by atoms with Gasteiger partial charge in [-0.15, -0.1) is 0 Å². The second-order valence-electron chi connectivity index (χ2n) is 4.10. The summed E-state index contributed by atoms with van der Waals surface area (Å²) in [5.74, 6) is 1.25. The predicted octanol–water partition coefficient (Wildman–Crippen LogP) is 3.39. The van der Waals surface area contributed by atoms with Crippen LogP contribution in [0, 0.1) is 6.92 Å². The fourth-order valence-corrected chi connectivity index (χ4v) is 1.88. The molecule has 0 unspecified atom stereocenters. The summed E-state index contributed by atoms with van der Waals surface area (Å²) in [6, 6.07) is 13.6. The topological polar surface area (TPSA) is 52.0 Å². The Morgan fingerprint density at radius 3 is 2.82 bits per heavy atom. The van der Waals surface area contributed by atoms with E-state index < -0.39 is 0 Å². The third-order valence-corrected chi connectivity index (χ3v) is 2.69. The van der Waals surface area contributed by atoms with Gasteiger partial charge in [-0.3, -0.25) is 0 Å². The molecule has 0 bridgehead atoms. The van der Waals surface area contributed by atoms with E-state index in [1.807, 2.05) is 30.3 Å². The lowest BCUT2D eigenvalue weighted by Crippen LogP contribution is -1.90. The Labute approximate surface area is 98.9 Å². The van der Waals surface area contributed by atoms with Crippen molar-refractivity contribution in [3.8, 4) is 11.5 Å². The number of nitrogens with two attached hydrogens (primary N) is 1. The number of nitrogen functional groups attached to an aromatic ring is 1. The van der Waals surface area contributed by atoms with Crippen LogP contribution in [0.25, 0.3) is 22.4 Å². The first-order valence-electron chi connectivity index (χ1n) is 5.45. The summed E-state index contributed by atoms with van der Waals surface area (Å²) < 4.78 is 5.75. The van der Waals surface area contributed by atoms with Gasteiger partial charge in [0, 0.05) is 5.39 Å². The zero-order valence-electron chi connectivity index (χ0n) is 9.47. The Morgan fingerprint density at radius 1 is 1.12 bits per heavy atom. The third kappa shape index (κ3) is 1.76. The first-order chi connectivity index (χ1) is 8.22. The zero-order chi connectivity index (χ0) is 11.8. The molecule has 3 nitrogen and oxygen atoms in total. The van der Waals surface area contributed by atoms with Crippen LogP contribution in [0.5, 0.6) is 0 Å². The number of furan rings is 1. The molecule has 0 aliphatic heterocycles. The molecule has 2 heterocycles. The largest absolute Gasteiger partial charge is 0.454 e. The summed E-state index contributed by atoms with van der Waals surface area (Å²) >= 11 is 0. The van der Waals surface area contributed by atoms with Crippen LogP contribution in [0.2, 0.25) is 0 Å². The van der Waals surface area contributed by atoms with Crippen molar-refractivity contribution in [3.05, 3.63) is 48.0 Å². The maximum atomic E-state index is 5.75. The van der Waals surface area contributed by atoms with Crippen molar-refractivity contribution in [1.29, 1.82) is 0 Å². The number of hydrogen-bond donors (Lipinski definition) is 1. The van der Waals surface area contributed by atoms with E-state index in [-0.39, 0.29) is 0 Å². The molecule has 2 aromatic heterocycles. The average molecular weight is 224 g/mol. The van der Waals surface area contributed by atoms with Crippen LogP contribution in [0.3, 0.4) is 0 Å². The van der Waals surface area contributed by atoms with E-state index in [1.54, 1.807) is 6.07 Å². The monoisotopic (exact) mass is 224 g/mol. The number of benzene rings is 1. The van der Waals surface area contributed by atoms with Crippen molar-refractivity contribution in [2.24, 2.45) is 0 Å². The fourth-order valence-electron chi connectivity index (χ4n) is 1.88. The molecule has 0 fully saturated rings. The van der Waals surface area contributed by atoms with Gasteiger partial charge in [-0.1, -0.05) is 17.7 Å². The number of aryl methyl sites for hydroxylation is 1. The molecule has 0 radical (unpaired) electrons. The van der Waals surface area contributed by atoms with E-state index in [9.17, 15) is 0 Å². The second kappa shape index (κ2) is 3.63. The lowest BCUT2D eigenvalue weighted by molar-refractivity contribution is 0.629. The fraction of sp³-hybridized carbons (Fsp3) is 0.0714. The van der Waals surface area contributed by atoms with Crippen LogP contribution in [-0.4, -0.2) is 4.98 Å². The molecule has 2 N–H and O–H groups in total. The van der Waals surface area contributed by atoms with Crippen molar-refractivity contribution < 1.29 is 4.42 Å². The Bertz CT molecular complexity index is 686. The van der Waals surface area contributed by atoms with Gasteiger partial charge in [0.15, 0.2) is 5.76 Å². The van der Waals surface area contributed by atoms with E-state index in [0.717, 1.165) is 22.4 Å². The van der Waals surface area contributed by atoms with Gasteiger partial charge in [0.2, 0.25) is 0 Å². The van der Waals surface area contributed by atoms with Crippen LogP contribution in [0.15, 0.2) is 46.9 Å². The number of fused-ring (bicyclic) bond motifs is 1. The molecule has 84 valence electrons. The Morgan fingerprint density at radius 2 is 2.00 bits per heavy atom. The van der Waals surface area contributed by atoms with Crippen LogP contribution >= 0.6 is 0 Å². The summed E-state index contributed by atoms with van der Waals surface area (Å²) in [5.41, 5.74) is 8.51. The van der Waals surface area contributed by atoms with Gasteiger partial charge in [-0.2, -0.15) is 0 Å². The standard InChI is InChI=1S/C14H12N2O/c1-9-5-6-12-10(7-9)8-13(17-12)11-3-2-4-14(15)16-11/h2-8H,1H3,(H2,15,16). The Hall–Kier alpha value is -2.29. The molecule has 17 heavy (non-hydrogen) atoms. The van der Waals surface area contributed by atoms with E-state index in [4.69, 9.17) is 10.2 Å². The number of pyridine rings is 1. The van der Waals surface area contributed by atoms with E-state index >= 15 is 0 Å². The second-order valence-corrected chi connectivity index (χ2v) is 4.10. The summed E-state index contributed by atoms with van der Waals surface area (Å²) in [7, 11) is 0. The highest BCUT2D eigenvalue weighted by Gasteiger charge is 2.07. The maximum Gasteiger partial charge on any atom is 0.153 e. The minimum Gasteiger partial charge on any atom is -0.454 e. The molecule has 3 rings (SSSR count). The maximum absolute atomic E-state index is 5.75. The molecule has 0 atom stereocenters. The van der Waals surface area contributed by atoms with E-state index in [0.29, 0.717) is 5.82 Å². The molecule has 0 amide bonds. The van der Waals surface area contributed by atoms with Crippen molar-refractivity contribution in [2.75, 3.05) is 5.73 Å². The zero-order valence-corrected chi connectivity index (χ0v) is 9.47. The van der Waals surface area contributed by atoms with Crippen LogP contribution < -0.4 is 5.73 Å². The molecule has 1 aromatic carbocycles. The highest BCUT2D eigenvalue weighted by molar-refractivity contribution is 5.82. The van der Waals surface area contributed by atoms with Gasteiger partial charge < -0.3 is 10.2 Å². The van der Waals surface area contributed by atoms with Crippen molar-refractivity contribution in [2.45, 2.75) is 6.92 Å².